The van der Waals surface area contributed by atoms with Crippen LogP contribution < -0.4 is 16.2 Å². The minimum Gasteiger partial charge on any atom is -0.364 e. The zero-order valence-corrected chi connectivity index (χ0v) is 11.2. The predicted octanol–water partition coefficient (Wildman–Crippen LogP) is -0.860. The molecular formula is C10H18N4O3S. The number of aromatic nitrogens is 1. The van der Waals surface area contributed by atoms with Crippen LogP contribution in [0.15, 0.2) is 17.2 Å². The number of carbonyl (C=O) groups is 1. The molecule has 102 valence electrons. The summed E-state index contributed by atoms with van der Waals surface area (Å²) < 4.78 is 27.6. The molecule has 0 aliphatic rings. The Balaban J connectivity index is 2.92. The van der Waals surface area contributed by atoms with Crippen molar-refractivity contribution in [1.29, 1.82) is 0 Å². The van der Waals surface area contributed by atoms with E-state index in [0.717, 1.165) is 0 Å². The maximum Gasteiger partial charge on any atom is 0.265 e. The van der Waals surface area contributed by atoms with E-state index in [9.17, 15) is 13.2 Å². The first kappa shape index (κ1) is 14.7. The third-order valence-corrected chi connectivity index (χ3v) is 3.99. The SMILES string of the molecule is CCC(N)CNS(=O)(=O)c1cc(C(N)=O)n(C)c1. The first-order valence-corrected chi connectivity index (χ1v) is 6.97. The summed E-state index contributed by atoms with van der Waals surface area (Å²) in [5.74, 6) is -0.677. The number of nitrogens with two attached hydrogens (primary N) is 2. The Labute approximate surface area is 106 Å². The van der Waals surface area contributed by atoms with Crippen LogP contribution in [0.3, 0.4) is 0 Å². The molecule has 0 aliphatic heterocycles. The summed E-state index contributed by atoms with van der Waals surface area (Å²) >= 11 is 0. The quantitative estimate of drug-likeness (QED) is 0.625. The van der Waals surface area contributed by atoms with Gasteiger partial charge in [-0.1, -0.05) is 6.92 Å². The van der Waals surface area contributed by atoms with Crippen LogP contribution in [0.5, 0.6) is 0 Å². The van der Waals surface area contributed by atoms with Crippen molar-refractivity contribution in [1.82, 2.24) is 9.29 Å². The van der Waals surface area contributed by atoms with Gasteiger partial charge in [-0.05, 0) is 12.5 Å². The summed E-state index contributed by atoms with van der Waals surface area (Å²) in [6.45, 7) is 2.02. The largest absolute Gasteiger partial charge is 0.364 e. The van der Waals surface area contributed by atoms with E-state index in [4.69, 9.17) is 11.5 Å². The molecule has 0 saturated heterocycles. The Kier molecular flexibility index (Phi) is 4.49. The average Bonchev–Trinajstić information content (AvgIpc) is 2.69. The molecule has 8 heteroatoms. The molecule has 7 nitrogen and oxygen atoms in total. The highest BCUT2D eigenvalue weighted by Gasteiger charge is 2.19. The molecule has 18 heavy (non-hydrogen) atoms. The molecule has 1 atom stereocenters. The van der Waals surface area contributed by atoms with Crippen LogP contribution in [0.2, 0.25) is 0 Å². The van der Waals surface area contributed by atoms with Crippen LogP contribution in [0.1, 0.15) is 23.8 Å². The van der Waals surface area contributed by atoms with Gasteiger partial charge in [-0.15, -0.1) is 0 Å². The molecule has 1 unspecified atom stereocenters. The second kappa shape index (κ2) is 5.51. The van der Waals surface area contributed by atoms with Gasteiger partial charge in [0.25, 0.3) is 5.91 Å². The van der Waals surface area contributed by atoms with Gasteiger partial charge in [0.1, 0.15) is 10.6 Å². The van der Waals surface area contributed by atoms with Crippen LogP contribution in [-0.4, -0.2) is 31.5 Å². The van der Waals surface area contributed by atoms with Crippen molar-refractivity contribution in [2.75, 3.05) is 6.54 Å². The summed E-state index contributed by atoms with van der Waals surface area (Å²) in [4.78, 5) is 11.0. The second-order valence-electron chi connectivity index (χ2n) is 4.06. The molecule has 5 N–H and O–H groups in total. The minimum atomic E-state index is -3.66. The normalized spacial score (nSPS) is 13.5. The van der Waals surface area contributed by atoms with Crippen LogP contribution in [0, 0.1) is 0 Å². The van der Waals surface area contributed by atoms with Gasteiger partial charge in [0.05, 0.1) is 0 Å². The molecule has 0 fully saturated rings. The summed E-state index contributed by atoms with van der Waals surface area (Å²) in [6.07, 6.45) is 2.00. The van der Waals surface area contributed by atoms with E-state index in [1.165, 1.54) is 16.8 Å². The van der Waals surface area contributed by atoms with Gasteiger partial charge in [0.15, 0.2) is 0 Å². The van der Waals surface area contributed by atoms with Crippen molar-refractivity contribution >= 4 is 15.9 Å². The van der Waals surface area contributed by atoms with E-state index in [1.54, 1.807) is 7.05 Å². The van der Waals surface area contributed by atoms with E-state index in [-0.39, 0.29) is 23.2 Å². The molecule has 0 saturated carbocycles. The highest BCUT2D eigenvalue weighted by Crippen LogP contribution is 2.12. The summed E-state index contributed by atoms with van der Waals surface area (Å²) in [5, 5.41) is 0. The lowest BCUT2D eigenvalue weighted by atomic mass is 10.2. The number of hydrogen-bond donors (Lipinski definition) is 3. The lowest BCUT2D eigenvalue weighted by Gasteiger charge is -2.09. The third-order valence-electron chi connectivity index (χ3n) is 2.60. The topological polar surface area (TPSA) is 120 Å². The van der Waals surface area contributed by atoms with E-state index >= 15 is 0 Å². The fourth-order valence-electron chi connectivity index (χ4n) is 1.37. The zero-order chi connectivity index (χ0) is 13.9. The molecule has 0 radical (unpaired) electrons. The molecule has 1 aromatic rings. The van der Waals surface area contributed by atoms with Crippen molar-refractivity contribution in [3.8, 4) is 0 Å². The standard InChI is InChI=1S/C10H18N4O3S/c1-3-7(11)5-13-18(16,17)8-4-9(10(12)15)14(2)6-8/h4,6-7,13H,3,5,11H2,1-2H3,(H2,12,15). The van der Waals surface area contributed by atoms with Gasteiger partial charge < -0.3 is 16.0 Å². The molecule has 0 aromatic carbocycles. The number of primary amides is 1. The van der Waals surface area contributed by atoms with Crippen LogP contribution in [-0.2, 0) is 17.1 Å². The van der Waals surface area contributed by atoms with Crippen molar-refractivity contribution in [3.05, 3.63) is 18.0 Å². The number of rotatable bonds is 6. The fourth-order valence-corrected chi connectivity index (χ4v) is 2.53. The monoisotopic (exact) mass is 274 g/mol. The lowest BCUT2D eigenvalue weighted by molar-refractivity contribution is 0.0992. The van der Waals surface area contributed by atoms with E-state index in [0.29, 0.717) is 6.42 Å². The molecule has 0 bridgehead atoms. The molecule has 0 aliphatic carbocycles. The number of hydrogen-bond acceptors (Lipinski definition) is 4. The molecule has 1 amide bonds. The molecule has 1 aromatic heterocycles. The van der Waals surface area contributed by atoms with Crippen LogP contribution in [0.4, 0.5) is 0 Å². The third kappa shape index (κ3) is 3.31. The maximum absolute atomic E-state index is 11.9. The Morgan fingerprint density at radius 1 is 1.56 bits per heavy atom. The highest BCUT2D eigenvalue weighted by atomic mass is 32.2. The number of carbonyl (C=O) groups excluding carboxylic acids is 1. The zero-order valence-electron chi connectivity index (χ0n) is 10.4. The Hall–Kier alpha value is -1.38. The van der Waals surface area contributed by atoms with E-state index < -0.39 is 15.9 Å². The van der Waals surface area contributed by atoms with Gasteiger partial charge in [0, 0.05) is 25.8 Å². The average molecular weight is 274 g/mol. The number of nitrogens with one attached hydrogen (secondary N) is 1. The number of aryl methyl sites for hydroxylation is 1. The summed E-state index contributed by atoms with van der Waals surface area (Å²) in [6, 6.07) is 1.00. The lowest BCUT2D eigenvalue weighted by Crippen LogP contribution is -2.36. The first-order chi connectivity index (χ1) is 8.27. The Bertz CT molecular complexity index is 535. The minimum absolute atomic E-state index is 0.00195. The van der Waals surface area contributed by atoms with Gasteiger partial charge in [-0.3, -0.25) is 4.79 Å². The van der Waals surface area contributed by atoms with Gasteiger partial charge in [0.2, 0.25) is 10.0 Å². The van der Waals surface area contributed by atoms with Gasteiger partial charge in [-0.2, -0.15) is 0 Å². The van der Waals surface area contributed by atoms with E-state index in [2.05, 4.69) is 4.72 Å². The smallest absolute Gasteiger partial charge is 0.265 e. The molecule has 1 rings (SSSR count). The van der Waals surface area contributed by atoms with Crippen molar-refractivity contribution < 1.29 is 13.2 Å². The highest BCUT2D eigenvalue weighted by molar-refractivity contribution is 7.89. The predicted molar refractivity (Wildman–Crippen MR) is 67.4 cm³/mol. The maximum atomic E-state index is 11.9. The summed E-state index contributed by atoms with van der Waals surface area (Å²) in [5.41, 5.74) is 10.9. The fraction of sp³-hybridized carbons (Fsp3) is 0.500. The summed E-state index contributed by atoms with van der Waals surface area (Å²) in [7, 11) is -2.11. The van der Waals surface area contributed by atoms with Gasteiger partial charge >= 0.3 is 0 Å². The van der Waals surface area contributed by atoms with Crippen LogP contribution >= 0.6 is 0 Å². The van der Waals surface area contributed by atoms with Crippen molar-refractivity contribution in [2.45, 2.75) is 24.3 Å². The molecule has 1 heterocycles. The Morgan fingerprint density at radius 2 is 2.17 bits per heavy atom. The number of nitrogens with zero attached hydrogens (tertiary/aromatic N) is 1. The van der Waals surface area contributed by atoms with Crippen molar-refractivity contribution in [3.63, 3.8) is 0 Å². The molecular weight excluding hydrogens is 256 g/mol. The van der Waals surface area contributed by atoms with Crippen LogP contribution in [0.25, 0.3) is 0 Å². The first-order valence-electron chi connectivity index (χ1n) is 5.49. The van der Waals surface area contributed by atoms with Gasteiger partial charge in [-0.25, -0.2) is 13.1 Å². The number of sulfonamides is 1. The molecule has 0 spiro atoms. The number of amides is 1. The van der Waals surface area contributed by atoms with Crippen molar-refractivity contribution in [2.24, 2.45) is 18.5 Å². The Morgan fingerprint density at radius 3 is 2.61 bits per heavy atom. The second-order valence-corrected chi connectivity index (χ2v) is 5.82. The van der Waals surface area contributed by atoms with E-state index in [1.807, 2.05) is 6.92 Å².